The van der Waals surface area contributed by atoms with Gasteiger partial charge in [-0.15, -0.1) is 22.7 Å². The van der Waals surface area contributed by atoms with Gasteiger partial charge in [0.15, 0.2) is 0 Å². The zero-order chi connectivity index (χ0) is 19.7. The van der Waals surface area contributed by atoms with Gasteiger partial charge in [0.05, 0.1) is 4.70 Å². The van der Waals surface area contributed by atoms with Crippen LogP contribution in [-0.2, 0) is 0 Å². The van der Waals surface area contributed by atoms with Gasteiger partial charge in [0, 0.05) is 15.6 Å². The molecular formula is C27H15NS2. The number of rotatable bonds is 1. The Morgan fingerprint density at radius 3 is 1.77 bits per heavy atom. The van der Waals surface area contributed by atoms with Crippen molar-refractivity contribution in [2.45, 2.75) is 0 Å². The molecule has 0 atom stereocenters. The molecule has 0 aliphatic heterocycles. The van der Waals surface area contributed by atoms with E-state index in [0.29, 0.717) is 0 Å². The number of thiophene rings is 1. The molecule has 0 bridgehead atoms. The number of hydrogen-bond donors (Lipinski definition) is 0. The molecule has 0 aliphatic rings. The van der Waals surface area contributed by atoms with Crippen LogP contribution < -0.4 is 0 Å². The molecule has 30 heavy (non-hydrogen) atoms. The monoisotopic (exact) mass is 417 g/mol. The largest absolute Gasteiger partial charge is 0.225 e. The van der Waals surface area contributed by atoms with Crippen molar-refractivity contribution in [3.8, 4) is 10.6 Å². The maximum Gasteiger partial charge on any atom is 0.136 e. The molecule has 0 fully saturated rings. The molecular weight excluding hydrogens is 402 g/mol. The van der Waals surface area contributed by atoms with Gasteiger partial charge in [0.1, 0.15) is 9.84 Å². The van der Waals surface area contributed by atoms with E-state index in [4.69, 9.17) is 4.98 Å². The quantitative estimate of drug-likeness (QED) is 0.244. The van der Waals surface area contributed by atoms with Gasteiger partial charge in [0.2, 0.25) is 0 Å². The van der Waals surface area contributed by atoms with Crippen molar-refractivity contribution in [2.75, 3.05) is 0 Å². The molecule has 5 aromatic carbocycles. The zero-order valence-corrected chi connectivity index (χ0v) is 17.6. The third-order valence-corrected chi connectivity index (χ3v) is 8.26. The third kappa shape index (κ3) is 2.25. The predicted molar refractivity (Wildman–Crippen MR) is 133 cm³/mol. The van der Waals surface area contributed by atoms with E-state index in [1.807, 2.05) is 0 Å². The van der Waals surface area contributed by atoms with Crippen LogP contribution in [-0.4, -0.2) is 4.98 Å². The van der Waals surface area contributed by atoms with Crippen LogP contribution in [0.4, 0.5) is 0 Å². The van der Waals surface area contributed by atoms with Crippen LogP contribution in [0.25, 0.3) is 62.5 Å². The lowest BCUT2D eigenvalue weighted by Gasteiger charge is -2.11. The first-order valence-electron chi connectivity index (χ1n) is 9.98. The predicted octanol–water partition coefficient (Wildman–Crippen LogP) is 8.64. The molecule has 3 heteroatoms. The molecule has 2 heterocycles. The van der Waals surface area contributed by atoms with E-state index in [-0.39, 0.29) is 0 Å². The molecule has 0 amide bonds. The summed E-state index contributed by atoms with van der Waals surface area (Å²) >= 11 is 3.59. The smallest absolute Gasteiger partial charge is 0.136 e. The number of hydrogen-bond acceptors (Lipinski definition) is 3. The van der Waals surface area contributed by atoms with Crippen molar-refractivity contribution in [2.24, 2.45) is 0 Å². The second kappa shape index (κ2) is 6.11. The molecule has 0 saturated carbocycles. The minimum absolute atomic E-state index is 1.10. The molecule has 0 N–H and O–H groups in total. The highest BCUT2D eigenvalue weighted by molar-refractivity contribution is 7.33. The highest BCUT2D eigenvalue weighted by Gasteiger charge is 2.14. The summed E-state index contributed by atoms with van der Waals surface area (Å²) in [5, 5.41) is 10.3. The number of aromatic nitrogens is 1. The highest BCUT2D eigenvalue weighted by atomic mass is 32.1. The van der Waals surface area contributed by atoms with Crippen molar-refractivity contribution in [1.29, 1.82) is 0 Å². The summed E-state index contributed by atoms with van der Waals surface area (Å²) in [6, 6.07) is 32.9. The van der Waals surface area contributed by atoms with Crippen molar-refractivity contribution < 1.29 is 0 Å². The summed E-state index contributed by atoms with van der Waals surface area (Å²) in [6.45, 7) is 0. The first kappa shape index (κ1) is 16.5. The lowest BCUT2D eigenvalue weighted by Crippen LogP contribution is -1.84. The van der Waals surface area contributed by atoms with Crippen molar-refractivity contribution in [3.05, 3.63) is 91.0 Å². The average Bonchev–Trinajstić information content (AvgIpc) is 3.37. The van der Waals surface area contributed by atoms with Crippen LogP contribution in [0.1, 0.15) is 0 Å². The third-order valence-electron chi connectivity index (χ3n) is 5.93. The van der Waals surface area contributed by atoms with Crippen LogP contribution in [0.15, 0.2) is 91.0 Å². The fraction of sp³-hybridized carbons (Fsp3) is 0. The van der Waals surface area contributed by atoms with Gasteiger partial charge in [-0.25, -0.2) is 4.98 Å². The summed E-state index contributed by atoms with van der Waals surface area (Å²) in [6.07, 6.45) is 0. The van der Waals surface area contributed by atoms with Gasteiger partial charge in [-0.2, -0.15) is 0 Å². The molecule has 0 saturated heterocycles. The Hall–Kier alpha value is -3.27. The first-order chi connectivity index (χ1) is 14.9. The van der Waals surface area contributed by atoms with Crippen molar-refractivity contribution in [1.82, 2.24) is 4.98 Å². The van der Waals surface area contributed by atoms with E-state index in [1.165, 1.54) is 52.7 Å². The normalized spacial score (nSPS) is 12.0. The van der Waals surface area contributed by atoms with E-state index >= 15 is 0 Å². The molecule has 7 aromatic rings. The Morgan fingerprint density at radius 2 is 1.07 bits per heavy atom. The molecule has 1 nitrogen and oxygen atoms in total. The summed E-state index contributed by atoms with van der Waals surface area (Å²) < 4.78 is 2.61. The van der Waals surface area contributed by atoms with Gasteiger partial charge in [-0.3, -0.25) is 0 Å². The fourth-order valence-corrected chi connectivity index (χ4v) is 6.90. The van der Waals surface area contributed by atoms with Crippen LogP contribution in [0.5, 0.6) is 0 Å². The average molecular weight is 418 g/mol. The van der Waals surface area contributed by atoms with Crippen LogP contribution in [0.2, 0.25) is 0 Å². The van der Waals surface area contributed by atoms with E-state index in [1.54, 1.807) is 22.7 Å². The molecule has 0 spiro atoms. The second-order valence-corrected chi connectivity index (χ2v) is 9.63. The number of benzene rings is 5. The van der Waals surface area contributed by atoms with Gasteiger partial charge in [-0.1, -0.05) is 78.9 Å². The van der Waals surface area contributed by atoms with Gasteiger partial charge in [0.25, 0.3) is 0 Å². The van der Waals surface area contributed by atoms with E-state index in [9.17, 15) is 0 Å². The summed E-state index contributed by atoms with van der Waals surface area (Å²) in [7, 11) is 0. The number of nitrogens with zero attached hydrogens (tertiary/aromatic N) is 1. The summed E-state index contributed by atoms with van der Waals surface area (Å²) in [5.41, 5.74) is 1.19. The maximum atomic E-state index is 5.01. The number of thiazole rings is 1. The minimum atomic E-state index is 1.10. The topological polar surface area (TPSA) is 12.9 Å². The maximum absolute atomic E-state index is 5.01. The highest BCUT2D eigenvalue weighted by Crippen LogP contribution is 2.42. The Balaban J connectivity index is 1.54. The molecule has 7 rings (SSSR count). The standard InChI is InChI=1S/C27H15NS2/c1-2-9-19-17(7-1)18-8-3-4-10-20(18)23-15-16(13-14-21(19)23)26-28-27-25(30-26)22-11-5-6-12-24(22)29-27/h1-15H. The van der Waals surface area contributed by atoms with E-state index < -0.39 is 0 Å². The Kier molecular flexibility index (Phi) is 3.37. The minimum Gasteiger partial charge on any atom is -0.225 e. The Labute approximate surface area is 180 Å². The van der Waals surface area contributed by atoms with Crippen LogP contribution >= 0.6 is 22.7 Å². The lowest BCUT2D eigenvalue weighted by atomic mass is 9.93. The molecule has 0 aliphatic carbocycles. The van der Waals surface area contributed by atoms with E-state index in [0.717, 1.165) is 9.84 Å². The Morgan fingerprint density at radius 1 is 0.500 bits per heavy atom. The zero-order valence-electron chi connectivity index (χ0n) is 15.9. The van der Waals surface area contributed by atoms with E-state index in [2.05, 4.69) is 91.0 Å². The summed E-state index contributed by atoms with van der Waals surface area (Å²) in [5.74, 6) is 0. The molecule has 140 valence electrons. The first-order valence-corrected chi connectivity index (χ1v) is 11.6. The lowest BCUT2D eigenvalue weighted by molar-refractivity contribution is 1.52. The fourth-order valence-electron chi connectivity index (χ4n) is 4.56. The Bertz CT molecular complexity index is 1720. The van der Waals surface area contributed by atoms with Crippen LogP contribution in [0.3, 0.4) is 0 Å². The second-order valence-electron chi connectivity index (χ2n) is 7.60. The molecule has 0 radical (unpaired) electrons. The van der Waals surface area contributed by atoms with Crippen molar-refractivity contribution >= 4 is 74.6 Å². The molecule has 2 aromatic heterocycles. The summed E-state index contributed by atoms with van der Waals surface area (Å²) in [4.78, 5) is 6.15. The van der Waals surface area contributed by atoms with Crippen LogP contribution in [0, 0.1) is 0 Å². The van der Waals surface area contributed by atoms with Gasteiger partial charge < -0.3 is 0 Å². The van der Waals surface area contributed by atoms with Gasteiger partial charge in [-0.05, 0) is 44.5 Å². The SMILES string of the molecule is c1ccc2c(c1)sc1nc(-c3ccc4c5ccccc5c5ccccc5c4c3)sc12. The van der Waals surface area contributed by atoms with Crippen molar-refractivity contribution in [3.63, 3.8) is 0 Å². The number of fused-ring (bicyclic) bond motifs is 9. The molecule has 0 unspecified atom stereocenters. The van der Waals surface area contributed by atoms with Gasteiger partial charge >= 0.3 is 0 Å².